The van der Waals surface area contributed by atoms with Gasteiger partial charge in [0.2, 0.25) is 0 Å². The Balaban J connectivity index is 2.87. The van der Waals surface area contributed by atoms with Crippen molar-refractivity contribution in [3.8, 4) is 17.2 Å². The lowest BCUT2D eigenvalue weighted by Gasteiger charge is -2.06. The number of benzene rings is 1. The molecule has 0 atom stereocenters. The molecule has 2 rings (SSSR count). The van der Waals surface area contributed by atoms with Crippen molar-refractivity contribution >= 4 is 0 Å². The van der Waals surface area contributed by atoms with Gasteiger partial charge in [-0.15, -0.1) is 0 Å². The molecule has 0 saturated heterocycles. The standard InChI is InChI=1S/C9H7N3O5/c13-5-3-1-2-4(6(5)14)12-8(16)10-7(15)11-9(12)17/h1-3,13-14H,(H2,10,11,15,16,17). The van der Waals surface area contributed by atoms with Crippen LogP contribution in [0.1, 0.15) is 0 Å². The Morgan fingerprint density at radius 2 is 1.59 bits per heavy atom. The van der Waals surface area contributed by atoms with E-state index in [-0.39, 0.29) is 5.69 Å². The molecular weight excluding hydrogens is 230 g/mol. The summed E-state index contributed by atoms with van der Waals surface area (Å²) in [4.78, 5) is 37.3. The van der Waals surface area contributed by atoms with Gasteiger partial charge in [0.05, 0.1) is 0 Å². The minimum absolute atomic E-state index is 0.229. The first-order chi connectivity index (χ1) is 8.00. The number of hydrogen-bond acceptors (Lipinski definition) is 5. The topological polar surface area (TPSA) is 128 Å². The van der Waals surface area contributed by atoms with Crippen molar-refractivity contribution in [2.24, 2.45) is 0 Å². The van der Waals surface area contributed by atoms with Crippen LogP contribution in [0.5, 0.6) is 11.5 Å². The third-order valence-corrected chi connectivity index (χ3v) is 2.08. The summed E-state index contributed by atoms with van der Waals surface area (Å²) >= 11 is 0. The lowest BCUT2D eigenvalue weighted by molar-refractivity contribution is 0.401. The lowest BCUT2D eigenvalue weighted by Crippen LogP contribution is -2.42. The van der Waals surface area contributed by atoms with E-state index in [0.717, 1.165) is 0 Å². The molecule has 0 aliphatic carbocycles. The minimum atomic E-state index is -1.01. The third-order valence-electron chi connectivity index (χ3n) is 2.08. The molecule has 0 amide bonds. The molecule has 0 aliphatic rings. The molecule has 0 unspecified atom stereocenters. The maximum absolute atomic E-state index is 11.4. The van der Waals surface area contributed by atoms with E-state index in [4.69, 9.17) is 0 Å². The second kappa shape index (κ2) is 3.67. The van der Waals surface area contributed by atoms with E-state index in [9.17, 15) is 24.6 Å². The summed E-state index contributed by atoms with van der Waals surface area (Å²) in [6.45, 7) is 0. The van der Waals surface area contributed by atoms with Crippen LogP contribution in [0, 0.1) is 0 Å². The summed E-state index contributed by atoms with van der Waals surface area (Å²) in [6, 6.07) is 3.76. The smallest absolute Gasteiger partial charge is 0.338 e. The van der Waals surface area contributed by atoms with E-state index in [1.165, 1.54) is 18.2 Å². The highest BCUT2D eigenvalue weighted by Gasteiger charge is 2.12. The Morgan fingerprint density at radius 3 is 2.18 bits per heavy atom. The van der Waals surface area contributed by atoms with Gasteiger partial charge in [-0.3, -0.25) is 9.97 Å². The van der Waals surface area contributed by atoms with Crippen LogP contribution in [-0.4, -0.2) is 24.7 Å². The number of aromatic nitrogens is 3. The third kappa shape index (κ3) is 1.71. The molecule has 1 heterocycles. The molecule has 8 heteroatoms. The van der Waals surface area contributed by atoms with Crippen LogP contribution >= 0.6 is 0 Å². The SMILES string of the molecule is O=c1[nH]c(=O)n(-c2cccc(O)c2O)c(=O)[nH]1. The van der Waals surface area contributed by atoms with Crippen molar-refractivity contribution in [1.82, 2.24) is 14.5 Å². The van der Waals surface area contributed by atoms with Gasteiger partial charge in [0.25, 0.3) is 0 Å². The quantitative estimate of drug-likeness (QED) is 0.454. The summed E-state index contributed by atoms with van der Waals surface area (Å²) in [5.74, 6) is -1.12. The number of rotatable bonds is 1. The van der Waals surface area contributed by atoms with Gasteiger partial charge < -0.3 is 10.2 Å². The highest BCUT2D eigenvalue weighted by Crippen LogP contribution is 2.29. The van der Waals surface area contributed by atoms with E-state index in [1.807, 2.05) is 9.97 Å². The molecule has 8 nitrogen and oxygen atoms in total. The molecule has 0 saturated carbocycles. The maximum Gasteiger partial charge on any atom is 0.338 e. The van der Waals surface area contributed by atoms with E-state index >= 15 is 0 Å². The van der Waals surface area contributed by atoms with Gasteiger partial charge in [-0.05, 0) is 12.1 Å². The van der Waals surface area contributed by atoms with Crippen LogP contribution in [0.2, 0.25) is 0 Å². The summed E-state index contributed by atoms with van der Waals surface area (Å²) in [7, 11) is 0. The van der Waals surface area contributed by atoms with Gasteiger partial charge in [-0.1, -0.05) is 6.07 Å². The molecule has 17 heavy (non-hydrogen) atoms. The van der Waals surface area contributed by atoms with E-state index in [2.05, 4.69) is 0 Å². The highest BCUT2D eigenvalue weighted by molar-refractivity contribution is 5.53. The molecule has 0 bridgehead atoms. The first-order valence-corrected chi connectivity index (χ1v) is 4.47. The Labute approximate surface area is 92.4 Å². The summed E-state index contributed by atoms with van der Waals surface area (Å²) in [5.41, 5.74) is -3.21. The van der Waals surface area contributed by atoms with Gasteiger partial charge >= 0.3 is 17.1 Å². The fourth-order valence-electron chi connectivity index (χ4n) is 1.35. The maximum atomic E-state index is 11.4. The normalized spacial score (nSPS) is 10.4. The fraction of sp³-hybridized carbons (Fsp3) is 0. The molecule has 0 spiro atoms. The average molecular weight is 237 g/mol. The first-order valence-electron chi connectivity index (χ1n) is 4.47. The van der Waals surface area contributed by atoms with Crippen LogP contribution in [-0.2, 0) is 0 Å². The Kier molecular flexibility index (Phi) is 2.32. The lowest BCUT2D eigenvalue weighted by atomic mass is 10.2. The predicted molar refractivity (Wildman–Crippen MR) is 56.6 cm³/mol. The monoisotopic (exact) mass is 237 g/mol. The zero-order chi connectivity index (χ0) is 12.6. The van der Waals surface area contributed by atoms with Crippen molar-refractivity contribution in [3.63, 3.8) is 0 Å². The van der Waals surface area contributed by atoms with Crippen LogP contribution < -0.4 is 17.1 Å². The summed E-state index contributed by atoms with van der Waals surface area (Å²) in [6.07, 6.45) is 0. The van der Waals surface area contributed by atoms with Gasteiger partial charge in [-0.2, -0.15) is 0 Å². The number of hydrogen-bond donors (Lipinski definition) is 4. The molecule has 0 aliphatic heterocycles. The molecule has 4 N–H and O–H groups in total. The molecular formula is C9H7N3O5. The fourth-order valence-corrected chi connectivity index (χ4v) is 1.35. The number of nitrogens with one attached hydrogen (secondary N) is 2. The average Bonchev–Trinajstić information content (AvgIpc) is 2.23. The molecule has 0 radical (unpaired) electrons. The molecule has 1 aromatic heterocycles. The van der Waals surface area contributed by atoms with Gasteiger partial charge in [0, 0.05) is 0 Å². The first kappa shape index (κ1) is 10.7. The Hall–Kier alpha value is -2.77. The van der Waals surface area contributed by atoms with Crippen molar-refractivity contribution in [3.05, 3.63) is 49.7 Å². The van der Waals surface area contributed by atoms with Crippen molar-refractivity contribution in [2.45, 2.75) is 0 Å². The van der Waals surface area contributed by atoms with E-state index in [0.29, 0.717) is 4.57 Å². The zero-order valence-electron chi connectivity index (χ0n) is 8.30. The van der Waals surface area contributed by atoms with Gasteiger partial charge in [0.15, 0.2) is 11.5 Å². The highest BCUT2D eigenvalue weighted by atomic mass is 16.3. The van der Waals surface area contributed by atoms with Crippen molar-refractivity contribution in [2.75, 3.05) is 0 Å². The minimum Gasteiger partial charge on any atom is -0.504 e. The number of H-pyrrole nitrogens is 2. The Morgan fingerprint density at radius 1 is 1.00 bits per heavy atom. The van der Waals surface area contributed by atoms with E-state index in [1.54, 1.807) is 0 Å². The zero-order valence-corrected chi connectivity index (χ0v) is 8.30. The second-order valence-corrected chi connectivity index (χ2v) is 3.17. The number of phenolic OH excluding ortho intramolecular Hbond substituents is 2. The van der Waals surface area contributed by atoms with Crippen molar-refractivity contribution in [1.29, 1.82) is 0 Å². The molecule has 88 valence electrons. The number of para-hydroxylation sites is 1. The van der Waals surface area contributed by atoms with Crippen LogP contribution in [0.25, 0.3) is 5.69 Å². The van der Waals surface area contributed by atoms with E-state index < -0.39 is 28.6 Å². The number of aromatic hydroxyl groups is 2. The molecule has 0 fully saturated rings. The van der Waals surface area contributed by atoms with Gasteiger partial charge in [-0.25, -0.2) is 19.0 Å². The molecule has 1 aromatic carbocycles. The van der Waals surface area contributed by atoms with Crippen LogP contribution in [0.15, 0.2) is 32.6 Å². The number of phenols is 2. The van der Waals surface area contributed by atoms with Crippen molar-refractivity contribution < 1.29 is 10.2 Å². The Bertz CT molecular complexity index is 705. The summed E-state index contributed by atoms with van der Waals surface area (Å²) in [5, 5.41) is 18.8. The van der Waals surface area contributed by atoms with Crippen LogP contribution in [0.3, 0.4) is 0 Å². The van der Waals surface area contributed by atoms with Gasteiger partial charge in [0.1, 0.15) is 5.69 Å². The predicted octanol–water partition coefficient (Wildman–Crippen LogP) is -1.37. The number of aromatic amines is 2. The molecule has 2 aromatic rings. The summed E-state index contributed by atoms with van der Waals surface area (Å²) < 4.78 is 0.496. The van der Waals surface area contributed by atoms with Crippen LogP contribution in [0.4, 0.5) is 0 Å². The second-order valence-electron chi connectivity index (χ2n) is 3.17. The number of nitrogens with zero attached hydrogens (tertiary/aromatic N) is 1. The largest absolute Gasteiger partial charge is 0.504 e.